The maximum absolute atomic E-state index is 13.4. The first-order valence-corrected chi connectivity index (χ1v) is 9.21. The molecule has 1 saturated heterocycles. The summed E-state index contributed by atoms with van der Waals surface area (Å²) in [6.07, 6.45) is 1.24. The molecule has 0 spiro atoms. The maximum Gasteiger partial charge on any atom is 0.255 e. The van der Waals surface area contributed by atoms with Crippen LogP contribution in [0.4, 0.5) is 14.7 Å². The fourth-order valence-corrected chi connectivity index (χ4v) is 3.62. The van der Waals surface area contributed by atoms with E-state index in [1.165, 1.54) is 6.07 Å². The summed E-state index contributed by atoms with van der Waals surface area (Å²) in [5.74, 6) is -1.07. The van der Waals surface area contributed by atoms with Gasteiger partial charge in [-0.15, -0.1) is 0 Å². The van der Waals surface area contributed by atoms with Gasteiger partial charge in [-0.05, 0) is 24.1 Å². The van der Waals surface area contributed by atoms with E-state index in [0.29, 0.717) is 64.7 Å². The largest absolute Gasteiger partial charge is 0.378 e. The number of nitrogens with zero attached hydrogens (tertiary/aromatic N) is 3. The number of hydrogen-bond donors (Lipinski definition) is 1. The Morgan fingerprint density at radius 2 is 1.85 bits per heavy atom. The molecule has 0 atom stereocenters. The number of nitrogens with one attached hydrogen (secondary N) is 1. The molecule has 144 valence electrons. The van der Waals surface area contributed by atoms with Crippen molar-refractivity contribution in [2.45, 2.75) is 19.4 Å². The molecule has 1 N–H and O–H groups in total. The van der Waals surface area contributed by atoms with Gasteiger partial charge in [0.25, 0.3) is 5.56 Å². The number of morpholine rings is 1. The lowest BCUT2D eigenvalue weighted by atomic mass is 10.1. The van der Waals surface area contributed by atoms with Crippen LogP contribution in [0.25, 0.3) is 0 Å². The lowest BCUT2D eigenvalue weighted by Gasteiger charge is -2.27. The molecule has 1 aromatic heterocycles. The van der Waals surface area contributed by atoms with Crippen LogP contribution >= 0.6 is 0 Å². The monoisotopic (exact) mass is 376 g/mol. The predicted octanol–water partition coefficient (Wildman–Crippen LogP) is 1.49. The van der Waals surface area contributed by atoms with Crippen molar-refractivity contribution in [2.24, 2.45) is 0 Å². The molecule has 0 amide bonds. The molecule has 6 nitrogen and oxygen atoms in total. The number of halogens is 2. The zero-order valence-corrected chi connectivity index (χ0v) is 15.0. The molecule has 0 bridgehead atoms. The molecule has 3 heterocycles. The van der Waals surface area contributed by atoms with Gasteiger partial charge >= 0.3 is 0 Å². The Balaban J connectivity index is 1.49. The van der Waals surface area contributed by atoms with Crippen molar-refractivity contribution in [1.29, 1.82) is 0 Å². The fraction of sp³-hybridized carbons (Fsp3) is 0.474. The first-order chi connectivity index (χ1) is 13.1. The van der Waals surface area contributed by atoms with Crippen molar-refractivity contribution in [1.82, 2.24) is 14.9 Å². The molecule has 1 fully saturated rings. The highest BCUT2D eigenvalue weighted by atomic mass is 19.2. The Kier molecular flexibility index (Phi) is 5.18. The molecular formula is C19H22F2N4O2. The van der Waals surface area contributed by atoms with Gasteiger partial charge in [-0.2, -0.15) is 0 Å². The average Bonchev–Trinajstić information content (AvgIpc) is 2.88. The minimum absolute atomic E-state index is 0.0869. The van der Waals surface area contributed by atoms with Crippen molar-refractivity contribution >= 4 is 5.95 Å². The van der Waals surface area contributed by atoms with Gasteiger partial charge in [0.1, 0.15) is 0 Å². The van der Waals surface area contributed by atoms with Crippen molar-refractivity contribution < 1.29 is 13.5 Å². The number of hydrogen-bond acceptors (Lipinski definition) is 5. The Hall–Kier alpha value is -2.32. The summed E-state index contributed by atoms with van der Waals surface area (Å²) in [7, 11) is 0. The Bertz CT molecular complexity index is 880. The van der Waals surface area contributed by atoms with E-state index in [0.717, 1.165) is 22.9 Å². The van der Waals surface area contributed by atoms with Crippen LogP contribution < -0.4 is 10.5 Å². The van der Waals surface area contributed by atoms with Crippen molar-refractivity contribution in [3.8, 4) is 0 Å². The Morgan fingerprint density at radius 1 is 1.07 bits per heavy atom. The third-order valence-electron chi connectivity index (χ3n) is 5.13. The zero-order chi connectivity index (χ0) is 18.8. The molecular weight excluding hydrogens is 354 g/mol. The normalized spacial score (nSPS) is 18.2. The first-order valence-electron chi connectivity index (χ1n) is 9.21. The number of anilines is 1. The molecule has 2 aliphatic heterocycles. The second kappa shape index (κ2) is 7.74. The summed E-state index contributed by atoms with van der Waals surface area (Å²) in [5, 5.41) is 0. The minimum atomic E-state index is -0.839. The molecule has 0 unspecified atom stereocenters. The lowest BCUT2D eigenvalue weighted by molar-refractivity contribution is 0.122. The predicted molar refractivity (Wildman–Crippen MR) is 96.9 cm³/mol. The van der Waals surface area contributed by atoms with Crippen LogP contribution in [0.3, 0.4) is 0 Å². The molecule has 4 rings (SSSR count). The molecule has 1 aromatic carbocycles. The summed E-state index contributed by atoms with van der Waals surface area (Å²) in [6.45, 7) is 4.58. The molecule has 8 heteroatoms. The Morgan fingerprint density at radius 3 is 2.63 bits per heavy atom. The zero-order valence-electron chi connectivity index (χ0n) is 15.0. The highest BCUT2D eigenvalue weighted by molar-refractivity contribution is 5.34. The number of aromatic nitrogens is 2. The first kappa shape index (κ1) is 18.1. The van der Waals surface area contributed by atoms with E-state index in [-0.39, 0.29) is 5.56 Å². The van der Waals surface area contributed by atoms with E-state index in [4.69, 9.17) is 9.72 Å². The third kappa shape index (κ3) is 4.01. The topological polar surface area (TPSA) is 61.5 Å². The van der Waals surface area contributed by atoms with E-state index in [2.05, 4.69) is 9.88 Å². The number of benzene rings is 1. The fourth-order valence-electron chi connectivity index (χ4n) is 3.62. The highest BCUT2D eigenvalue weighted by Gasteiger charge is 2.21. The van der Waals surface area contributed by atoms with E-state index in [1.807, 2.05) is 4.90 Å². The second-order valence-electron chi connectivity index (χ2n) is 6.94. The van der Waals surface area contributed by atoms with Crippen LogP contribution in [0, 0.1) is 11.6 Å². The van der Waals surface area contributed by atoms with Crippen LogP contribution in [0.5, 0.6) is 0 Å². The molecule has 0 aliphatic carbocycles. The summed E-state index contributed by atoms with van der Waals surface area (Å²) in [4.78, 5) is 24.4. The van der Waals surface area contributed by atoms with Gasteiger partial charge < -0.3 is 9.64 Å². The van der Waals surface area contributed by atoms with Gasteiger partial charge in [0.2, 0.25) is 5.95 Å². The Labute approximate surface area is 155 Å². The minimum Gasteiger partial charge on any atom is -0.378 e. The van der Waals surface area contributed by atoms with Crippen molar-refractivity contribution in [3.05, 3.63) is 57.0 Å². The maximum atomic E-state index is 13.4. The summed E-state index contributed by atoms with van der Waals surface area (Å²) in [6, 6.07) is 3.98. The summed E-state index contributed by atoms with van der Waals surface area (Å²) in [5.41, 5.74) is 2.18. The second-order valence-corrected chi connectivity index (χ2v) is 6.94. The number of ether oxygens (including phenoxy) is 1. The lowest BCUT2D eigenvalue weighted by Crippen LogP contribution is -2.38. The van der Waals surface area contributed by atoms with E-state index in [9.17, 15) is 13.6 Å². The average molecular weight is 376 g/mol. The van der Waals surface area contributed by atoms with Crippen LogP contribution in [0.15, 0.2) is 23.0 Å². The van der Waals surface area contributed by atoms with E-state index >= 15 is 0 Å². The molecule has 27 heavy (non-hydrogen) atoms. The molecule has 0 saturated carbocycles. The van der Waals surface area contributed by atoms with Gasteiger partial charge in [-0.25, -0.2) is 13.8 Å². The van der Waals surface area contributed by atoms with E-state index in [1.54, 1.807) is 6.07 Å². The van der Waals surface area contributed by atoms with Gasteiger partial charge in [0, 0.05) is 44.7 Å². The molecule has 2 aliphatic rings. The van der Waals surface area contributed by atoms with E-state index < -0.39 is 11.6 Å². The summed E-state index contributed by atoms with van der Waals surface area (Å²) >= 11 is 0. The van der Waals surface area contributed by atoms with Crippen LogP contribution in [0.1, 0.15) is 16.8 Å². The number of H-pyrrole nitrogens is 1. The van der Waals surface area contributed by atoms with Gasteiger partial charge in [0.05, 0.1) is 18.9 Å². The van der Waals surface area contributed by atoms with Gasteiger partial charge in [-0.3, -0.25) is 14.7 Å². The third-order valence-corrected chi connectivity index (χ3v) is 5.13. The number of rotatable bonds is 3. The smallest absolute Gasteiger partial charge is 0.255 e. The number of aromatic amines is 1. The van der Waals surface area contributed by atoms with Crippen molar-refractivity contribution in [2.75, 3.05) is 44.3 Å². The van der Waals surface area contributed by atoms with Gasteiger partial charge in [-0.1, -0.05) is 6.07 Å². The van der Waals surface area contributed by atoms with Crippen LogP contribution in [-0.2, 0) is 24.1 Å². The molecule has 2 aromatic rings. The quantitative estimate of drug-likeness (QED) is 0.880. The number of fused-ring (bicyclic) bond motifs is 1. The standard InChI is InChI=1S/C19H22F2N4O2/c20-15-2-1-13(11-16(15)21)12-24-5-3-14-17(4-6-24)22-19(23-18(14)26)25-7-9-27-10-8-25/h1-2,11H,3-10,12H2,(H,22,23,26). The molecule has 0 radical (unpaired) electrons. The van der Waals surface area contributed by atoms with Gasteiger partial charge in [0.15, 0.2) is 11.6 Å². The summed E-state index contributed by atoms with van der Waals surface area (Å²) < 4.78 is 31.9. The highest BCUT2D eigenvalue weighted by Crippen LogP contribution is 2.17. The SMILES string of the molecule is O=c1[nH]c(N2CCOCC2)nc2c1CCN(Cc1ccc(F)c(F)c1)CC2. The van der Waals surface area contributed by atoms with Crippen LogP contribution in [0.2, 0.25) is 0 Å². The van der Waals surface area contributed by atoms with Crippen molar-refractivity contribution in [3.63, 3.8) is 0 Å². The van der Waals surface area contributed by atoms with Crippen LogP contribution in [-0.4, -0.2) is 54.3 Å².